The van der Waals surface area contributed by atoms with Crippen LogP contribution in [0.1, 0.15) is 46.5 Å². The first kappa shape index (κ1) is 16.7. The Hall–Kier alpha value is -0.190. The van der Waals surface area contributed by atoms with Crippen LogP contribution in [-0.4, -0.2) is 30.9 Å². The molecule has 22 heavy (non-hydrogen) atoms. The van der Waals surface area contributed by atoms with Gasteiger partial charge in [-0.1, -0.05) is 20.3 Å². The van der Waals surface area contributed by atoms with Crippen LogP contribution in [0.2, 0.25) is 0 Å². The molecule has 3 rings (SSSR count). The highest BCUT2D eigenvalue weighted by molar-refractivity contribution is 7.81. The van der Waals surface area contributed by atoms with Gasteiger partial charge in [0.1, 0.15) is 5.76 Å². The summed E-state index contributed by atoms with van der Waals surface area (Å²) in [4.78, 5) is 0. The predicted octanol–water partition coefficient (Wildman–Crippen LogP) is 4.04. The van der Waals surface area contributed by atoms with Crippen LogP contribution < -0.4 is 0 Å². The maximum absolute atomic E-state index is 6.49. The van der Waals surface area contributed by atoms with Crippen molar-refractivity contribution in [2.75, 3.05) is 13.4 Å². The van der Waals surface area contributed by atoms with Crippen molar-refractivity contribution in [1.82, 2.24) is 0 Å². The fraction of sp³-hybridized carbons (Fsp3) is 0.889. The average molecular weight is 327 g/mol. The largest absolute Gasteiger partial charge is 0.472 e. The molecule has 0 bridgehead atoms. The van der Waals surface area contributed by atoms with Crippen LogP contribution >= 0.6 is 12.6 Å². The van der Waals surface area contributed by atoms with Crippen molar-refractivity contribution in [1.29, 1.82) is 0 Å². The normalized spacial score (nSPS) is 45.6. The molecule has 3 nitrogen and oxygen atoms in total. The quantitative estimate of drug-likeness (QED) is 0.776. The number of hydrogen-bond acceptors (Lipinski definition) is 4. The van der Waals surface area contributed by atoms with Crippen molar-refractivity contribution in [3.05, 3.63) is 11.8 Å². The minimum Gasteiger partial charge on any atom is -0.472 e. The third-order valence-electron chi connectivity index (χ3n) is 5.60. The molecule has 3 aliphatic rings. The first-order valence-electron chi connectivity index (χ1n) is 8.86. The van der Waals surface area contributed by atoms with Gasteiger partial charge in [-0.25, -0.2) is 0 Å². The number of hydrogen-bond donors (Lipinski definition) is 1. The van der Waals surface area contributed by atoms with Gasteiger partial charge >= 0.3 is 0 Å². The van der Waals surface area contributed by atoms with E-state index in [0.29, 0.717) is 35.7 Å². The molecule has 0 radical (unpaired) electrons. The van der Waals surface area contributed by atoms with Gasteiger partial charge in [0.2, 0.25) is 0 Å². The van der Waals surface area contributed by atoms with Gasteiger partial charge in [0.25, 0.3) is 0 Å². The highest BCUT2D eigenvalue weighted by atomic mass is 32.1. The fourth-order valence-electron chi connectivity index (χ4n) is 4.50. The molecule has 7 unspecified atom stereocenters. The van der Waals surface area contributed by atoms with Gasteiger partial charge in [0, 0.05) is 11.2 Å². The van der Waals surface area contributed by atoms with Gasteiger partial charge in [-0.15, -0.1) is 0 Å². The van der Waals surface area contributed by atoms with Crippen LogP contribution in [0.15, 0.2) is 11.8 Å². The van der Waals surface area contributed by atoms with Gasteiger partial charge in [-0.05, 0) is 50.0 Å². The monoisotopic (exact) mass is 326 g/mol. The van der Waals surface area contributed by atoms with Crippen molar-refractivity contribution >= 4 is 12.6 Å². The average Bonchev–Trinajstić information content (AvgIpc) is 2.68. The molecule has 0 aromatic rings. The summed E-state index contributed by atoms with van der Waals surface area (Å²) in [6.07, 6.45) is 7.47. The number of rotatable bonds is 2. The molecule has 0 saturated carbocycles. The minimum absolute atomic E-state index is 0.190. The molecule has 0 aromatic heterocycles. The maximum atomic E-state index is 6.49. The lowest BCUT2D eigenvalue weighted by molar-refractivity contribution is -0.0824. The molecule has 2 fully saturated rings. The lowest BCUT2D eigenvalue weighted by atomic mass is 9.72. The summed E-state index contributed by atoms with van der Waals surface area (Å²) in [7, 11) is 0. The summed E-state index contributed by atoms with van der Waals surface area (Å²) < 4.78 is 18.2. The Kier molecular flexibility index (Phi) is 5.41. The summed E-state index contributed by atoms with van der Waals surface area (Å²) >= 11 is 4.82. The maximum Gasteiger partial charge on any atom is 0.188 e. The van der Waals surface area contributed by atoms with Crippen molar-refractivity contribution in [2.24, 2.45) is 23.7 Å². The zero-order valence-corrected chi connectivity index (χ0v) is 14.9. The second-order valence-electron chi connectivity index (χ2n) is 7.36. The fourth-order valence-corrected chi connectivity index (χ4v) is 4.69. The Balaban J connectivity index is 1.90. The number of allylic oxidation sites excluding steroid dienone is 1. The van der Waals surface area contributed by atoms with Crippen LogP contribution in [-0.2, 0) is 14.2 Å². The van der Waals surface area contributed by atoms with Crippen molar-refractivity contribution in [3.63, 3.8) is 0 Å². The van der Waals surface area contributed by atoms with E-state index in [-0.39, 0.29) is 12.2 Å². The predicted molar refractivity (Wildman–Crippen MR) is 90.9 cm³/mol. The van der Waals surface area contributed by atoms with Gasteiger partial charge in [0.05, 0.1) is 18.8 Å². The Morgan fingerprint density at radius 3 is 2.86 bits per heavy atom. The van der Waals surface area contributed by atoms with Gasteiger partial charge in [0.15, 0.2) is 6.79 Å². The van der Waals surface area contributed by atoms with Gasteiger partial charge in [-0.2, -0.15) is 12.6 Å². The molecule has 0 N–H and O–H groups in total. The first-order valence-corrected chi connectivity index (χ1v) is 9.37. The molecule has 0 amide bonds. The number of thiol groups is 1. The molecule has 0 aromatic carbocycles. The van der Waals surface area contributed by atoms with E-state index in [9.17, 15) is 0 Å². The van der Waals surface area contributed by atoms with E-state index >= 15 is 0 Å². The van der Waals surface area contributed by atoms with Crippen molar-refractivity contribution in [3.8, 4) is 0 Å². The van der Waals surface area contributed by atoms with E-state index in [1.165, 1.54) is 12.8 Å². The van der Waals surface area contributed by atoms with Gasteiger partial charge < -0.3 is 14.2 Å². The zero-order valence-electron chi connectivity index (χ0n) is 14.0. The number of ether oxygens (including phenoxy) is 3. The molecular formula is C18H30O3S. The molecule has 7 atom stereocenters. The second-order valence-corrected chi connectivity index (χ2v) is 7.95. The first-order chi connectivity index (χ1) is 10.6. The van der Waals surface area contributed by atoms with E-state index in [1.807, 2.05) is 0 Å². The molecule has 1 aliphatic carbocycles. The van der Waals surface area contributed by atoms with E-state index in [4.69, 9.17) is 26.8 Å². The summed E-state index contributed by atoms with van der Waals surface area (Å²) in [5, 5.41) is 0.295. The van der Waals surface area contributed by atoms with E-state index in [2.05, 4.69) is 26.8 Å². The molecule has 126 valence electrons. The van der Waals surface area contributed by atoms with Gasteiger partial charge in [-0.3, -0.25) is 0 Å². The molecular weight excluding hydrogens is 296 g/mol. The Morgan fingerprint density at radius 2 is 2.09 bits per heavy atom. The molecule has 0 spiro atoms. The second kappa shape index (κ2) is 7.14. The Bertz CT molecular complexity index is 411. The van der Waals surface area contributed by atoms with Crippen molar-refractivity contribution in [2.45, 2.75) is 63.9 Å². The third-order valence-corrected chi connectivity index (χ3v) is 6.53. The Labute approximate surface area is 140 Å². The summed E-state index contributed by atoms with van der Waals surface area (Å²) in [5.41, 5.74) is 0. The van der Waals surface area contributed by atoms with Crippen molar-refractivity contribution < 1.29 is 14.2 Å². The highest BCUT2D eigenvalue weighted by Gasteiger charge is 2.44. The summed E-state index contributed by atoms with van der Waals surface area (Å²) in [6.45, 7) is 7.88. The smallest absolute Gasteiger partial charge is 0.188 e. The molecule has 2 saturated heterocycles. The lowest BCUT2D eigenvalue weighted by Crippen LogP contribution is -2.45. The zero-order chi connectivity index (χ0) is 15.7. The molecule has 2 aliphatic heterocycles. The van der Waals surface area contributed by atoms with Crippen LogP contribution in [0.25, 0.3) is 0 Å². The SMILES string of the molecule is CCCC1C=C2OCOCC3CC(C)C(S)C(C)OC(C1)C23. The van der Waals surface area contributed by atoms with Crippen LogP contribution in [0.3, 0.4) is 0 Å². The minimum atomic E-state index is 0.190. The van der Waals surface area contributed by atoms with Crippen LogP contribution in [0, 0.1) is 23.7 Å². The standard InChI is InChI=1S/C18H30O3S/c1-4-5-13-7-15-17-14(9-19-10-20-15)6-11(2)18(22)12(3)21-16(17)8-13/h7,11-14,16-18,22H,4-6,8-10H2,1-3H3. The molecule has 4 heteroatoms. The third kappa shape index (κ3) is 3.34. The van der Waals surface area contributed by atoms with E-state index in [0.717, 1.165) is 25.2 Å². The highest BCUT2D eigenvalue weighted by Crippen LogP contribution is 2.44. The van der Waals surface area contributed by atoms with E-state index < -0.39 is 0 Å². The Morgan fingerprint density at radius 1 is 1.27 bits per heavy atom. The van der Waals surface area contributed by atoms with Crippen LogP contribution in [0.5, 0.6) is 0 Å². The summed E-state index contributed by atoms with van der Waals surface area (Å²) in [5.74, 6) is 3.08. The van der Waals surface area contributed by atoms with E-state index in [1.54, 1.807) is 0 Å². The van der Waals surface area contributed by atoms with Crippen LogP contribution in [0.4, 0.5) is 0 Å². The lowest BCUT2D eigenvalue weighted by Gasteiger charge is -2.43. The molecule has 2 heterocycles. The topological polar surface area (TPSA) is 27.7 Å². The summed E-state index contributed by atoms with van der Waals surface area (Å²) in [6, 6.07) is 0.